The van der Waals surface area contributed by atoms with Crippen molar-refractivity contribution >= 4 is 16.0 Å². The number of sulfonamides is 1. The monoisotopic (exact) mass is 366 g/mol. The Morgan fingerprint density at radius 1 is 1.20 bits per heavy atom. The number of nitrogens with zero attached hydrogens (tertiary/aromatic N) is 1. The van der Waals surface area contributed by atoms with E-state index in [-0.39, 0.29) is 4.90 Å². The molecule has 1 aliphatic rings. The van der Waals surface area contributed by atoms with Gasteiger partial charge in [0.15, 0.2) is 5.96 Å². The molecule has 1 aromatic carbocycles. The van der Waals surface area contributed by atoms with Crippen LogP contribution in [0.1, 0.15) is 46.1 Å². The fourth-order valence-electron chi connectivity index (χ4n) is 2.42. The van der Waals surface area contributed by atoms with Crippen LogP contribution in [0.3, 0.4) is 0 Å². The smallest absolute Gasteiger partial charge is 0.241 e. The average molecular weight is 367 g/mol. The summed E-state index contributed by atoms with van der Waals surface area (Å²) in [5.41, 5.74) is 0.151. The Balaban J connectivity index is 2.16. The molecule has 0 unspecified atom stereocenters. The maximum Gasteiger partial charge on any atom is 0.241 e. The third-order valence-electron chi connectivity index (χ3n) is 3.71. The first kappa shape index (κ1) is 19.7. The Labute approximate surface area is 151 Å². The molecule has 0 amide bonds. The number of hydrogen-bond acceptors (Lipinski definition) is 3. The second kappa shape index (κ2) is 8.19. The van der Waals surface area contributed by atoms with Gasteiger partial charge in [-0.3, -0.25) is 0 Å². The van der Waals surface area contributed by atoms with Crippen LogP contribution in [0.4, 0.5) is 0 Å². The SMILES string of the molecule is CCNC(=NCc1ccccc1S(=O)(=O)NC(C)(C)C)NCC1CC1. The van der Waals surface area contributed by atoms with Gasteiger partial charge in [-0.05, 0) is 58.1 Å². The van der Waals surface area contributed by atoms with Gasteiger partial charge < -0.3 is 10.6 Å². The van der Waals surface area contributed by atoms with E-state index < -0.39 is 15.6 Å². The predicted octanol–water partition coefficient (Wildman–Crippen LogP) is 2.23. The summed E-state index contributed by atoms with van der Waals surface area (Å²) in [6.07, 6.45) is 2.54. The zero-order valence-electron chi connectivity index (χ0n) is 15.6. The number of guanidine groups is 1. The van der Waals surface area contributed by atoms with Crippen molar-refractivity contribution in [1.82, 2.24) is 15.4 Å². The molecule has 6 nitrogen and oxygen atoms in total. The van der Waals surface area contributed by atoms with E-state index in [2.05, 4.69) is 20.3 Å². The first-order chi connectivity index (χ1) is 11.7. The minimum Gasteiger partial charge on any atom is -0.357 e. The van der Waals surface area contributed by atoms with E-state index in [0.717, 1.165) is 25.0 Å². The molecule has 1 saturated carbocycles. The first-order valence-electron chi connectivity index (χ1n) is 8.85. The summed E-state index contributed by atoms with van der Waals surface area (Å²) in [6.45, 7) is 9.49. The van der Waals surface area contributed by atoms with Crippen LogP contribution in [0.2, 0.25) is 0 Å². The Kier molecular flexibility index (Phi) is 6.46. The number of benzene rings is 1. The van der Waals surface area contributed by atoms with Gasteiger partial charge >= 0.3 is 0 Å². The van der Waals surface area contributed by atoms with Gasteiger partial charge in [0.05, 0.1) is 11.4 Å². The number of nitrogens with one attached hydrogen (secondary N) is 3. The van der Waals surface area contributed by atoms with E-state index in [0.29, 0.717) is 12.1 Å². The highest BCUT2D eigenvalue weighted by molar-refractivity contribution is 7.89. The van der Waals surface area contributed by atoms with Gasteiger partial charge in [-0.25, -0.2) is 18.1 Å². The van der Waals surface area contributed by atoms with Crippen LogP contribution in [-0.2, 0) is 16.6 Å². The minimum absolute atomic E-state index is 0.284. The molecule has 0 radical (unpaired) electrons. The third kappa shape index (κ3) is 6.66. The fourth-order valence-corrected chi connectivity index (χ4v) is 4.08. The van der Waals surface area contributed by atoms with E-state index in [1.165, 1.54) is 12.8 Å². The summed E-state index contributed by atoms with van der Waals surface area (Å²) in [4.78, 5) is 4.84. The van der Waals surface area contributed by atoms with Crippen molar-refractivity contribution in [3.8, 4) is 0 Å². The zero-order chi connectivity index (χ0) is 18.5. The summed E-state index contributed by atoms with van der Waals surface area (Å²) in [5, 5.41) is 6.53. The van der Waals surface area contributed by atoms with E-state index in [1.807, 2.05) is 39.8 Å². The Morgan fingerprint density at radius 2 is 1.88 bits per heavy atom. The van der Waals surface area contributed by atoms with Crippen molar-refractivity contribution in [2.24, 2.45) is 10.9 Å². The second-order valence-corrected chi connectivity index (χ2v) is 9.13. The number of hydrogen-bond donors (Lipinski definition) is 3. The maximum absolute atomic E-state index is 12.7. The van der Waals surface area contributed by atoms with Crippen molar-refractivity contribution in [2.75, 3.05) is 13.1 Å². The highest BCUT2D eigenvalue weighted by atomic mass is 32.2. The Morgan fingerprint density at radius 3 is 2.48 bits per heavy atom. The summed E-state index contributed by atoms with van der Waals surface area (Å²) in [7, 11) is -3.58. The van der Waals surface area contributed by atoms with Crippen molar-refractivity contribution in [3.63, 3.8) is 0 Å². The highest BCUT2D eigenvalue weighted by Crippen LogP contribution is 2.27. The largest absolute Gasteiger partial charge is 0.357 e. The lowest BCUT2D eigenvalue weighted by Crippen LogP contribution is -2.41. The molecule has 0 spiro atoms. The number of rotatable bonds is 7. The van der Waals surface area contributed by atoms with Crippen LogP contribution in [-0.4, -0.2) is 33.0 Å². The lowest BCUT2D eigenvalue weighted by molar-refractivity contribution is 0.491. The zero-order valence-corrected chi connectivity index (χ0v) is 16.4. The molecule has 0 heterocycles. The van der Waals surface area contributed by atoms with Crippen molar-refractivity contribution < 1.29 is 8.42 Å². The molecule has 25 heavy (non-hydrogen) atoms. The summed E-state index contributed by atoms with van der Waals surface area (Å²) in [6, 6.07) is 7.02. The van der Waals surface area contributed by atoms with Gasteiger partial charge in [0.1, 0.15) is 0 Å². The van der Waals surface area contributed by atoms with Crippen molar-refractivity contribution in [3.05, 3.63) is 29.8 Å². The molecule has 140 valence electrons. The van der Waals surface area contributed by atoms with Gasteiger partial charge in [0, 0.05) is 18.6 Å². The molecule has 0 atom stereocenters. The molecule has 0 saturated heterocycles. The molecular weight excluding hydrogens is 336 g/mol. The standard InChI is InChI=1S/C18H30N4O2S/c1-5-19-17(20-12-14-10-11-14)21-13-15-8-6-7-9-16(15)25(23,24)22-18(2,3)4/h6-9,14,22H,5,10-13H2,1-4H3,(H2,19,20,21). The van der Waals surface area contributed by atoms with Crippen LogP contribution in [0.5, 0.6) is 0 Å². The lowest BCUT2D eigenvalue weighted by atomic mass is 10.1. The Hall–Kier alpha value is -1.60. The first-order valence-corrected chi connectivity index (χ1v) is 10.3. The molecule has 1 aliphatic carbocycles. The summed E-state index contributed by atoms with van der Waals surface area (Å²) in [5.74, 6) is 1.47. The molecule has 0 bridgehead atoms. The maximum atomic E-state index is 12.7. The molecular formula is C18H30N4O2S. The topological polar surface area (TPSA) is 82.6 Å². The Bertz CT molecular complexity index is 704. The molecule has 2 rings (SSSR count). The van der Waals surface area contributed by atoms with Crippen molar-refractivity contribution in [2.45, 2.75) is 57.5 Å². The van der Waals surface area contributed by atoms with Gasteiger partial charge in [0.2, 0.25) is 10.0 Å². The van der Waals surface area contributed by atoms with Crippen LogP contribution in [0, 0.1) is 5.92 Å². The van der Waals surface area contributed by atoms with Gasteiger partial charge in [-0.1, -0.05) is 18.2 Å². The molecule has 0 aliphatic heterocycles. The predicted molar refractivity (Wildman–Crippen MR) is 102 cm³/mol. The lowest BCUT2D eigenvalue weighted by Gasteiger charge is -2.21. The van der Waals surface area contributed by atoms with E-state index in [4.69, 9.17) is 0 Å². The van der Waals surface area contributed by atoms with Crippen LogP contribution in [0.15, 0.2) is 34.2 Å². The van der Waals surface area contributed by atoms with Crippen LogP contribution in [0.25, 0.3) is 0 Å². The minimum atomic E-state index is -3.58. The van der Waals surface area contributed by atoms with E-state index >= 15 is 0 Å². The van der Waals surface area contributed by atoms with Gasteiger partial charge in [-0.15, -0.1) is 0 Å². The summed E-state index contributed by atoms with van der Waals surface area (Å²) >= 11 is 0. The quantitative estimate of drug-likeness (QED) is 0.510. The molecule has 1 aromatic rings. The fraction of sp³-hybridized carbons (Fsp3) is 0.611. The third-order valence-corrected chi connectivity index (χ3v) is 5.57. The summed E-state index contributed by atoms with van der Waals surface area (Å²) < 4.78 is 28.0. The molecule has 7 heteroatoms. The van der Waals surface area contributed by atoms with Gasteiger partial charge in [-0.2, -0.15) is 0 Å². The van der Waals surface area contributed by atoms with Crippen LogP contribution >= 0.6 is 0 Å². The molecule has 0 aromatic heterocycles. The number of aliphatic imine (C=N–C) groups is 1. The highest BCUT2D eigenvalue weighted by Gasteiger charge is 2.24. The average Bonchev–Trinajstić information content (AvgIpc) is 3.32. The molecule has 3 N–H and O–H groups in total. The molecule has 1 fully saturated rings. The second-order valence-electron chi connectivity index (χ2n) is 7.48. The van der Waals surface area contributed by atoms with E-state index in [1.54, 1.807) is 12.1 Å². The van der Waals surface area contributed by atoms with Crippen molar-refractivity contribution in [1.29, 1.82) is 0 Å². The van der Waals surface area contributed by atoms with E-state index in [9.17, 15) is 8.42 Å². The van der Waals surface area contributed by atoms with Crippen LogP contribution < -0.4 is 15.4 Å². The van der Waals surface area contributed by atoms with Gasteiger partial charge in [0.25, 0.3) is 0 Å². The normalized spacial score (nSPS) is 15.9.